The Morgan fingerprint density at radius 2 is 1.96 bits per heavy atom. The fourth-order valence-corrected chi connectivity index (χ4v) is 2.17. The van der Waals surface area contributed by atoms with Gasteiger partial charge >= 0.3 is 0 Å². The molecule has 3 rings (SSSR count). The normalized spacial score (nSPS) is 10.8. The molecule has 0 aliphatic carbocycles. The summed E-state index contributed by atoms with van der Waals surface area (Å²) in [6.45, 7) is 5.10. The Balaban J connectivity index is 2.02. The minimum absolute atomic E-state index is 0.0222. The molecule has 24 heavy (non-hydrogen) atoms. The number of hydrogen-bond acceptors (Lipinski definition) is 5. The van der Waals surface area contributed by atoms with Crippen molar-refractivity contribution in [3.63, 3.8) is 0 Å². The van der Waals surface area contributed by atoms with E-state index in [0.29, 0.717) is 28.0 Å². The van der Waals surface area contributed by atoms with Gasteiger partial charge in [-0.1, -0.05) is 12.6 Å². The molecule has 0 aliphatic heterocycles. The molecule has 122 valence electrons. The summed E-state index contributed by atoms with van der Waals surface area (Å²) in [5.74, 6) is -0.330. The highest BCUT2D eigenvalue weighted by Crippen LogP contribution is 2.25. The van der Waals surface area contributed by atoms with Crippen LogP contribution in [0, 0.1) is 0 Å². The van der Waals surface area contributed by atoms with Crippen LogP contribution in [0.15, 0.2) is 48.6 Å². The molecule has 7 heteroatoms. The fourth-order valence-electron chi connectivity index (χ4n) is 2.17. The van der Waals surface area contributed by atoms with Crippen LogP contribution in [0.4, 0.5) is 5.69 Å². The van der Waals surface area contributed by atoms with Crippen LogP contribution < -0.4 is 5.32 Å². The van der Waals surface area contributed by atoms with Gasteiger partial charge in [-0.3, -0.25) is 4.79 Å². The highest BCUT2D eigenvalue weighted by molar-refractivity contribution is 6.03. The number of aliphatic hydroxyl groups is 1. The number of hydrogen-bond donors (Lipinski definition) is 3. The van der Waals surface area contributed by atoms with Gasteiger partial charge in [0.25, 0.3) is 5.91 Å². The molecule has 0 saturated carbocycles. The van der Waals surface area contributed by atoms with Gasteiger partial charge in [-0.2, -0.15) is 0 Å². The summed E-state index contributed by atoms with van der Waals surface area (Å²) < 4.78 is 0. The molecule has 0 bridgehead atoms. The molecule has 0 saturated heterocycles. The first kappa shape index (κ1) is 15.7. The number of phenols is 1. The number of fused-ring (bicyclic) bond motifs is 1. The molecular weight excluding hydrogens is 308 g/mol. The van der Waals surface area contributed by atoms with E-state index in [2.05, 4.69) is 22.1 Å². The third-order valence-electron chi connectivity index (χ3n) is 3.46. The van der Waals surface area contributed by atoms with E-state index >= 15 is 0 Å². The Kier molecular flexibility index (Phi) is 4.01. The van der Waals surface area contributed by atoms with Crippen LogP contribution in [-0.4, -0.2) is 31.1 Å². The van der Waals surface area contributed by atoms with Gasteiger partial charge in [-0.15, -0.1) is 15.0 Å². The summed E-state index contributed by atoms with van der Waals surface area (Å²) >= 11 is 0. The first-order valence-corrected chi connectivity index (χ1v) is 7.25. The van der Waals surface area contributed by atoms with Gasteiger partial charge in [0.05, 0.1) is 6.61 Å². The van der Waals surface area contributed by atoms with Crippen LogP contribution in [0.5, 0.6) is 5.75 Å². The standard InChI is InChI=1S/C17H16N4O3/c1-10(2)17(24)18-12-4-6-16(23)15(8-12)21-19-13-5-3-11(9-22)7-14(13)20-21/h3-8,22-23H,1,9H2,2H3,(H,18,24). The van der Waals surface area contributed by atoms with Gasteiger partial charge in [0.2, 0.25) is 0 Å². The van der Waals surface area contributed by atoms with E-state index in [1.165, 1.54) is 10.9 Å². The second kappa shape index (κ2) is 6.13. The molecule has 0 atom stereocenters. The molecule has 1 amide bonds. The van der Waals surface area contributed by atoms with Crippen LogP contribution in [0.2, 0.25) is 0 Å². The van der Waals surface area contributed by atoms with Crippen molar-refractivity contribution in [3.8, 4) is 11.4 Å². The fraction of sp³-hybridized carbons (Fsp3) is 0.118. The molecule has 3 aromatic rings. The SMILES string of the molecule is C=C(C)C(=O)Nc1ccc(O)c(-n2nc3ccc(CO)cc3n2)c1. The van der Waals surface area contributed by atoms with E-state index in [1.807, 2.05) is 0 Å². The van der Waals surface area contributed by atoms with Gasteiger partial charge in [-0.05, 0) is 42.8 Å². The summed E-state index contributed by atoms with van der Waals surface area (Å²) in [7, 11) is 0. The maximum Gasteiger partial charge on any atom is 0.250 e. The lowest BCUT2D eigenvalue weighted by Crippen LogP contribution is -2.12. The molecule has 7 nitrogen and oxygen atoms in total. The number of rotatable bonds is 4. The third-order valence-corrected chi connectivity index (χ3v) is 3.46. The minimum atomic E-state index is -0.308. The first-order valence-electron chi connectivity index (χ1n) is 7.25. The van der Waals surface area contributed by atoms with Crippen LogP contribution >= 0.6 is 0 Å². The van der Waals surface area contributed by atoms with Gasteiger partial charge in [0.15, 0.2) is 0 Å². The highest BCUT2D eigenvalue weighted by Gasteiger charge is 2.11. The number of phenolic OH excluding ortho intramolecular Hbond substituents is 1. The van der Waals surface area contributed by atoms with Gasteiger partial charge in [0.1, 0.15) is 22.5 Å². The van der Waals surface area contributed by atoms with Crippen molar-refractivity contribution >= 4 is 22.6 Å². The number of anilines is 1. The lowest BCUT2D eigenvalue weighted by Gasteiger charge is -2.08. The zero-order chi connectivity index (χ0) is 17.3. The molecule has 0 radical (unpaired) electrons. The number of nitrogens with zero attached hydrogens (tertiary/aromatic N) is 3. The number of aromatic nitrogens is 3. The topological polar surface area (TPSA) is 100 Å². The zero-order valence-corrected chi connectivity index (χ0v) is 13.0. The Hall–Kier alpha value is -3.19. The van der Waals surface area contributed by atoms with Crippen molar-refractivity contribution in [2.24, 2.45) is 0 Å². The van der Waals surface area contributed by atoms with E-state index in [4.69, 9.17) is 0 Å². The second-order valence-corrected chi connectivity index (χ2v) is 5.41. The number of amides is 1. The number of carbonyl (C=O) groups excluding carboxylic acids is 1. The molecular formula is C17H16N4O3. The van der Waals surface area contributed by atoms with Crippen molar-refractivity contribution in [1.29, 1.82) is 0 Å². The molecule has 0 spiro atoms. The van der Waals surface area contributed by atoms with Crippen LogP contribution in [0.25, 0.3) is 16.7 Å². The van der Waals surface area contributed by atoms with E-state index in [9.17, 15) is 15.0 Å². The Morgan fingerprint density at radius 3 is 2.67 bits per heavy atom. The largest absolute Gasteiger partial charge is 0.506 e. The van der Waals surface area contributed by atoms with Gasteiger partial charge in [-0.25, -0.2) is 0 Å². The van der Waals surface area contributed by atoms with Crippen LogP contribution in [0.3, 0.4) is 0 Å². The lowest BCUT2D eigenvalue weighted by molar-refractivity contribution is -0.112. The summed E-state index contributed by atoms with van der Waals surface area (Å²) in [6, 6.07) is 9.83. The Morgan fingerprint density at radius 1 is 1.21 bits per heavy atom. The number of aliphatic hydroxyl groups excluding tert-OH is 1. The van der Waals surface area contributed by atoms with E-state index < -0.39 is 0 Å². The molecule has 0 fully saturated rings. The summed E-state index contributed by atoms with van der Waals surface area (Å²) in [5, 5.41) is 30.6. The summed E-state index contributed by atoms with van der Waals surface area (Å²) in [6.07, 6.45) is 0. The minimum Gasteiger partial charge on any atom is -0.506 e. The average Bonchev–Trinajstić information content (AvgIpc) is 2.99. The molecule has 1 heterocycles. The van der Waals surface area contributed by atoms with Crippen LogP contribution in [-0.2, 0) is 11.4 Å². The van der Waals surface area contributed by atoms with Gasteiger partial charge in [0, 0.05) is 11.3 Å². The second-order valence-electron chi connectivity index (χ2n) is 5.41. The van der Waals surface area contributed by atoms with E-state index in [-0.39, 0.29) is 18.3 Å². The smallest absolute Gasteiger partial charge is 0.250 e. The van der Waals surface area contributed by atoms with Crippen molar-refractivity contribution in [1.82, 2.24) is 15.0 Å². The lowest BCUT2D eigenvalue weighted by atomic mass is 10.2. The Bertz CT molecular complexity index is 946. The summed E-state index contributed by atoms with van der Waals surface area (Å²) in [5.41, 5.74) is 3.15. The predicted octanol–water partition coefficient (Wildman–Crippen LogP) is 2.13. The third kappa shape index (κ3) is 2.97. The molecule has 0 unspecified atom stereocenters. The number of nitrogens with one attached hydrogen (secondary N) is 1. The number of carbonyl (C=O) groups is 1. The van der Waals surface area contributed by atoms with Crippen LogP contribution in [0.1, 0.15) is 12.5 Å². The maximum atomic E-state index is 11.7. The summed E-state index contributed by atoms with van der Waals surface area (Å²) in [4.78, 5) is 13.0. The first-order chi connectivity index (χ1) is 11.5. The molecule has 1 aromatic heterocycles. The maximum absolute atomic E-state index is 11.7. The molecule has 3 N–H and O–H groups in total. The van der Waals surface area contributed by atoms with Gasteiger partial charge < -0.3 is 15.5 Å². The van der Waals surface area contributed by atoms with Crippen molar-refractivity contribution in [2.45, 2.75) is 13.5 Å². The average molecular weight is 324 g/mol. The predicted molar refractivity (Wildman–Crippen MR) is 89.9 cm³/mol. The number of aromatic hydroxyl groups is 1. The van der Waals surface area contributed by atoms with Crippen molar-refractivity contribution in [3.05, 3.63) is 54.1 Å². The molecule has 0 aliphatic rings. The van der Waals surface area contributed by atoms with E-state index in [0.717, 1.165) is 5.56 Å². The van der Waals surface area contributed by atoms with E-state index in [1.54, 1.807) is 37.3 Å². The number of benzene rings is 2. The van der Waals surface area contributed by atoms with Crippen molar-refractivity contribution in [2.75, 3.05) is 5.32 Å². The quantitative estimate of drug-likeness (QED) is 0.504. The highest BCUT2D eigenvalue weighted by atomic mass is 16.3. The zero-order valence-electron chi connectivity index (χ0n) is 13.0. The van der Waals surface area contributed by atoms with Crippen molar-refractivity contribution < 1.29 is 15.0 Å². The Labute approximate surface area is 137 Å². The molecule has 2 aromatic carbocycles. The monoisotopic (exact) mass is 324 g/mol.